The van der Waals surface area contributed by atoms with Gasteiger partial charge in [0.05, 0.1) is 52.0 Å². The monoisotopic (exact) mass is 704 g/mol. The third-order valence-corrected chi connectivity index (χ3v) is 10.2. The van der Waals surface area contributed by atoms with Crippen molar-refractivity contribution in [3.05, 3.63) is 46.8 Å². The van der Waals surface area contributed by atoms with Crippen LogP contribution in [0.1, 0.15) is 36.1 Å². The molecule has 0 radical (unpaired) electrons. The first-order valence-corrected chi connectivity index (χ1v) is 17.3. The Kier molecular flexibility index (Phi) is 10.8. The highest BCUT2D eigenvalue weighted by molar-refractivity contribution is 7.89. The molecule has 2 aliphatic rings. The van der Waals surface area contributed by atoms with Crippen molar-refractivity contribution in [2.24, 2.45) is 5.14 Å². The molecular formula is C31H34F6N4O4S2. The first-order valence-electron chi connectivity index (χ1n) is 14.9. The number of halogens is 6. The first kappa shape index (κ1) is 35.1. The van der Waals surface area contributed by atoms with Gasteiger partial charge in [-0.05, 0) is 54.8 Å². The minimum atomic E-state index is -4.69. The zero-order valence-electron chi connectivity index (χ0n) is 25.1. The molecule has 0 spiro atoms. The van der Waals surface area contributed by atoms with Crippen molar-refractivity contribution in [1.82, 2.24) is 4.90 Å². The lowest BCUT2D eigenvalue weighted by Crippen LogP contribution is -2.46. The predicted octanol–water partition coefficient (Wildman–Crippen LogP) is 6.11. The van der Waals surface area contributed by atoms with E-state index < -0.39 is 46.0 Å². The van der Waals surface area contributed by atoms with Gasteiger partial charge in [-0.3, -0.25) is 4.90 Å². The normalized spacial score (nSPS) is 19.6. The molecule has 3 aromatic rings. The lowest BCUT2D eigenvalue weighted by Gasteiger charge is -2.39. The van der Waals surface area contributed by atoms with Crippen molar-refractivity contribution in [3.63, 3.8) is 0 Å². The molecule has 1 saturated carbocycles. The summed E-state index contributed by atoms with van der Waals surface area (Å²) in [6.07, 6.45) is -6.44. The number of thiophene rings is 1. The van der Waals surface area contributed by atoms with Crippen LogP contribution in [0.5, 0.6) is 5.75 Å². The summed E-state index contributed by atoms with van der Waals surface area (Å²) in [6, 6.07) is 9.03. The van der Waals surface area contributed by atoms with Crippen LogP contribution in [-0.2, 0) is 21.2 Å². The first-order chi connectivity index (χ1) is 22.2. The van der Waals surface area contributed by atoms with E-state index in [2.05, 4.69) is 27.4 Å². The molecule has 256 valence electrons. The number of rotatable bonds is 9. The van der Waals surface area contributed by atoms with Crippen molar-refractivity contribution in [1.29, 1.82) is 0 Å². The second-order valence-electron chi connectivity index (χ2n) is 11.4. The molecule has 1 aromatic heterocycles. The Bertz CT molecular complexity index is 1720. The number of morpholine rings is 1. The molecule has 1 aliphatic heterocycles. The van der Waals surface area contributed by atoms with Crippen molar-refractivity contribution >= 4 is 42.8 Å². The number of nitrogens with two attached hydrogens (primary N) is 1. The number of benzene rings is 2. The third-order valence-electron chi connectivity index (χ3n) is 8.06. The molecule has 4 N–H and O–H groups in total. The minimum absolute atomic E-state index is 0.00219. The van der Waals surface area contributed by atoms with Gasteiger partial charge in [0, 0.05) is 31.2 Å². The molecule has 16 heteroatoms. The molecule has 47 heavy (non-hydrogen) atoms. The number of nitrogens with one attached hydrogen (secondary N) is 2. The molecule has 1 saturated heterocycles. The number of fused-ring (bicyclic) bond motifs is 1. The maximum absolute atomic E-state index is 13.7. The Morgan fingerprint density at radius 2 is 1.72 bits per heavy atom. The second kappa shape index (κ2) is 14.5. The molecule has 5 rings (SSSR count). The zero-order valence-corrected chi connectivity index (χ0v) is 26.8. The van der Waals surface area contributed by atoms with Crippen LogP contribution in [0.15, 0.2) is 41.3 Å². The quantitative estimate of drug-likeness (QED) is 0.182. The fourth-order valence-electron chi connectivity index (χ4n) is 5.88. The summed E-state index contributed by atoms with van der Waals surface area (Å²) in [7, 11) is -4.23. The smallest absolute Gasteiger partial charge is 0.422 e. The van der Waals surface area contributed by atoms with Gasteiger partial charge in [0.25, 0.3) is 0 Å². The van der Waals surface area contributed by atoms with E-state index in [1.807, 2.05) is 6.07 Å². The van der Waals surface area contributed by atoms with Crippen molar-refractivity contribution in [3.8, 4) is 17.6 Å². The van der Waals surface area contributed by atoms with E-state index in [-0.39, 0.29) is 28.7 Å². The van der Waals surface area contributed by atoms with Crippen LogP contribution in [-0.4, -0.2) is 77.2 Å². The number of anilines is 2. The molecule has 8 nitrogen and oxygen atoms in total. The molecule has 2 heterocycles. The molecule has 0 bridgehead atoms. The molecule has 2 fully saturated rings. The van der Waals surface area contributed by atoms with Crippen LogP contribution in [0.3, 0.4) is 0 Å². The third kappa shape index (κ3) is 9.66. The van der Waals surface area contributed by atoms with E-state index >= 15 is 0 Å². The van der Waals surface area contributed by atoms with Crippen LogP contribution in [0.4, 0.5) is 37.7 Å². The highest BCUT2D eigenvalue weighted by atomic mass is 32.2. The highest BCUT2D eigenvalue weighted by Crippen LogP contribution is 2.40. The summed E-state index contributed by atoms with van der Waals surface area (Å²) in [4.78, 5) is 2.24. The summed E-state index contributed by atoms with van der Waals surface area (Å²) in [5.41, 5.74) is 0.798. The van der Waals surface area contributed by atoms with Crippen LogP contribution in [0, 0.1) is 11.8 Å². The summed E-state index contributed by atoms with van der Waals surface area (Å²) in [5, 5.41) is 11.9. The Hall–Kier alpha value is -3.23. The summed E-state index contributed by atoms with van der Waals surface area (Å²) in [6.45, 7) is 1.47. The van der Waals surface area contributed by atoms with E-state index in [0.717, 1.165) is 81.1 Å². The van der Waals surface area contributed by atoms with Crippen molar-refractivity contribution in [2.45, 2.75) is 61.4 Å². The van der Waals surface area contributed by atoms with Gasteiger partial charge < -0.3 is 20.1 Å². The van der Waals surface area contributed by atoms with Gasteiger partial charge in [-0.15, -0.1) is 11.3 Å². The average Bonchev–Trinajstić information content (AvgIpc) is 3.35. The number of nitrogens with zero attached hydrogens (tertiary/aromatic N) is 1. The molecule has 2 aromatic carbocycles. The topological polar surface area (TPSA) is 106 Å². The highest BCUT2D eigenvalue weighted by Gasteiger charge is 2.32. The summed E-state index contributed by atoms with van der Waals surface area (Å²) >= 11 is 1.15. The second-order valence-corrected chi connectivity index (χ2v) is 14.0. The largest absolute Gasteiger partial charge is 0.482 e. The zero-order chi connectivity index (χ0) is 33.8. The Morgan fingerprint density at radius 1 is 1.00 bits per heavy atom. The van der Waals surface area contributed by atoms with Crippen molar-refractivity contribution < 1.29 is 44.2 Å². The molecule has 0 atom stereocenters. The van der Waals surface area contributed by atoms with E-state index in [0.29, 0.717) is 16.1 Å². The number of primary sulfonamides is 1. The van der Waals surface area contributed by atoms with E-state index in [4.69, 9.17) is 14.6 Å². The van der Waals surface area contributed by atoms with Gasteiger partial charge in [0.2, 0.25) is 10.0 Å². The number of sulfonamides is 1. The van der Waals surface area contributed by atoms with E-state index in [9.17, 15) is 34.8 Å². The van der Waals surface area contributed by atoms with Gasteiger partial charge in [0.1, 0.15) is 5.75 Å². The van der Waals surface area contributed by atoms with Crippen LogP contribution in [0.25, 0.3) is 10.1 Å². The van der Waals surface area contributed by atoms with E-state index in [1.165, 1.54) is 6.07 Å². The molecular weight excluding hydrogens is 670 g/mol. The lowest BCUT2D eigenvalue weighted by molar-refractivity contribution is -0.153. The predicted molar refractivity (Wildman–Crippen MR) is 168 cm³/mol. The molecule has 0 unspecified atom stereocenters. The number of hydrogen-bond donors (Lipinski definition) is 3. The maximum atomic E-state index is 13.7. The van der Waals surface area contributed by atoms with Gasteiger partial charge in [-0.2, -0.15) is 26.3 Å². The average molecular weight is 705 g/mol. The van der Waals surface area contributed by atoms with Gasteiger partial charge >= 0.3 is 12.4 Å². The molecule has 1 aliphatic carbocycles. The van der Waals surface area contributed by atoms with Gasteiger partial charge in [-0.25, -0.2) is 13.6 Å². The summed E-state index contributed by atoms with van der Waals surface area (Å²) in [5.74, 6) is 5.13. The van der Waals surface area contributed by atoms with Gasteiger partial charge in [0.15, 0.2) is 6.61 Å². The Labute approximate surface area is 272 Å². The van der Waals surface area contributed by atoms with Crippen LogP contribution in [0.2, 0.25) is 0 Å². The fourth-order valence-corrected chi connectivity index (χ4v) is 7.58. The molecule has 0 amide bonds. The Morgan fingerprint density at radius 3 is 2.38 bits per heavy atom. The number of alkyl halides is 6. The lowest BCUT2D eigenvalue weighted by atomic mass is 9.89. The van der Waals surface area contributed by atoms with Gasteiger partial charge in [-0.1, -0.05) is 24.0 Å². The fraction of sp³-hybridized carbons (Fsp3) is 0.484. The SMILES string of the molecule is NS(=O)(=O)c1ccc(NCC#Cc2sc3c(NC4CCC(N5CCOCC5)CC4)cccc3c2CC(F)(F)F)c(OCC(F)(F)F)c1. The standard InChI is InChI=1S/C31H34F6N4O4S2/c32-30(33,34)18-24-23-3-1-4-26(40-20-6-8-21(9-7-20)41-13-15-44-16-14-41)29(23)46-28(24)5-2-12-39-25-11-10-22(47(38,42)43)17-27(25)45-19-31(35,36)37/h1,3-4,10-11,17,20-21,39-40H,6-9,12-16,18-19H2,(H2,38,42,43). The number of ether oxygens (including phenoxy) is 2. The summed E-state index contributed by atoms with van der Waals surface area (Å²) < 4.78 is 114. The van der Waals surface area contributed by atoms with Crippen LogP contribution < -0.4 is 20.5 Å². The van der Waals surface area contributed by atoms with Crippen molar-refractivity contribution in [2.75, 3.05) is 50.1 Å². The number of hydrogen-bond acceptors (Lipinski definition) is 8. The van der Waals surface area contributed by atoms with E-state index in [1.54, 1.807) is 12.1 Å². The maximum Gasteiger partial charge on any atom is 0.422 e. The minimum Gasteiger partial charge on any atom is -0.482 e. The van der Waals surface area contributed by atoms with Crippen LogP contribution >= 0.6 is 11.3 Å². The Balaban J connectivity index is 1.33.